The number of esters is 1. The largest absolute Gasteiger partial charge is 0.466 e. The van der Waals surface area contributed by atoms with Gasteiger partial charge in [-0.05, 0) is 26.3 Å². The predicted molar refractivity (Wildman–Crippen MR) is 51.8 cm³/mol. The number of likely N-dealkylation sites (tertiary alicyclic amines) is 1. The molecule has 3 nitrogen and oxygen atoms in total. The van der Waals surface area contributed by atoms with E-state index in [4.69, 9.17) is 4.74 Å². The van der Waals surface area contributed by atoms with E-state index >= 15 is 0 Å². The summed E-state index contributed by atoms with van der Waals surface area (Å²) in [4.78, 5) is 13.0. The first-order chi connectivity index (χ1) is 7.13. The molecule has 1 aliphatic rings. The van der Waals surface area contributed by atoms with E-state index in [2.05, 4.69) is 0 Å². The number of halogens is 2. The van der Waals surface area contributed by atoms with Crippen molar-refractivity contribution in [3.8, 4) is 0 Å². The predicted octanol–water partition coefficient (Wildman–Crippen LogP) is 1.53. The Bertz CT molecular complexity index is 212. The minimum absolute atomic E-state index is 0.225. The Labute approximate surface area is 88.4 Å². The van der Waals surface area contributed by atoms with Gasteiger partial charge < -0.3 is 4.74 Å². The van der Waals surface area contributed by atoms with Crippen LogP contribution in [0.2, 0.25) is 0 Å². The monoisotopic (exact) mass is 221 g/mol. The lowest BCUT2D eigenvalue weighted by molar-refractivity contribution is -0.150. The first kappa shape index (κ1) is 12.4. The summed E-state index contributed by atoms with van der Waals surface area (Å²) >= 11 is 0. The van der Waals surface area contributed by atoms with E-state index in [1.807, 2.05) is 0 Å². The fraction of sp³-hybridized carbons (Fsp3) is 0.900. The van der Waals surface area contributed by atoms with Crippen molar-refractivity contribution in [1.29, 1.82) is 0 Å². The summed E-state index contributed by atoms with van der Waals surface area (Å²) in [5, 5.41) is 0. The molecule has 15 heavy (non-hydrogen) atoms. The zero-order valence-corrected chi connectivity index (χ0v) is 8.92. The van der Waals surface area contributed by atoms with Crippen LogP contribution in [-0.2, 0) is 9.53 Å². The molecule has 1 rings (SSSR count). The van der Waals surface area contributed by atoms with E-state index in [9.17, 15) is 13.6 Å². The summed E-state index contributed by atoms with van der Waals surface area (Å²) in [6.45, 7) is 2.92. The van der Waals surface area contributed by atoms with Crippen LogP contribution in [0.5, 0.6) is 0 Å². The molecule has 1 fully saturated rings. The third-order valence-corrected chi connectivity index (χ3v) is 2.52. The molecule has 0 spiro atoms. The normalized spacial score (nSPS) is 23.1. The Hall–Kier alpha value is -0.710. The Balaban J connectivity index is 2.38. The molecule has 0 aromatic carbocycles. The molecule has 0 unspecified atom stereocenters. The summed E-state index contributed by atoms with van der Waals surface area (Å²) < 4.78 is 29.2. The Kier molecular flexibility index (Phi) is 4.94. The van der Waals surface area contributed by atoms with Gasteiger partial charge in [0.2, 0.25) is 0 Å². The molecule has 0 aromatic rings. The molecule has 5 heteroatoms. The molecule has 0 bridgehead atoms. The lowest BCUT2D eigenvalue weighted by Gasteiger charge is -2.30. The molecule has 0 radical (unpaired) electrons. The number of piperidine rings is 1. The summed E-state index contributed by atoms with van der Waals surface area (Å²) in [6, 6.07) is 0. The molecule has 0 amide bonds. The number of hydrogen-bond donors (Lipinski definition) is 0. The smallest absolute Gasteiger partial charge is 0.310 e. The molecular formula is C10H17F2NO2. The number of nitrogens with zero attached hydrogens (tertiary/aromatic N) is 1. The quantitative estimate of drug-likeness (QED) is 0.674. The highest BCUT2D eigenvalue weighted by molar-refractivity contribution is 5.72. The molecule has 0 aromatic heterocycles. The van der Waals surface area contributed by atoms with E-state index in [1.165, 1.54) is 0 Å². The second-order valence-corrected chi connectivity index (χ2v) is 3.74. The van der Waals surface area contributed by atoms with Gasteiger partial charge >= 0.3 is 5.97 Å². The van der Waals surface area contributed by atoms with Gasteiger partial charge in [-0.25, -0.2) is 8.78 Å². The molecule has 1 aliphatic heterocycles. The highest BCUT2D eigenvalue weighted by Crippen LogP contribution is 2.18. The van der Waals surface area contributed by atoms with Gasteiger partial charge in [0.1, 0.15) is 0 Å². The molecule has 0 saturated carbocycles. The van der Waals surface area contributed by atoms with Gasteiger partial charge in [0, 0.05) is 6.54 Å². The summed E-state index contributed by atoms with van der Waals surface area (Å²) in [5.41, 5.74) is 0. The van der Waals surface area contributed by atoms with Crippen LogP contribution in [-0.4, -0.2) is 43.5 Å². The number of alkyl halides is 2. The van der Waals surface area contributed by atoms with Crippen LogP contribution in [0.25, 0.3) is 0 Å². The maximum absolute atomic E-state index is 12.1. The molecule has 0 aliphatic carbocycles. The highest BCUT2D eigenvalue weighted by Gasteiger charge is 2.27. The van der Waals surface area contributed by atoms with Gasteiger partial charge in [-0.15, -0.1) is 0 Å². The van der Waals surface area contributed by atoms with Crippen LogP contribution in [0.3, 0.4) is 0 Å². The van der Waals surface area contributed by atoms with Crippen molar-refractivity contribution >= 4 is 5.97 Å². The van der Waals surface area contributed by atoms with Crippen molar-refractivity contribution in [2.75, 3.05) is 26.2 Å². The second kappa shape index (κ2) is 6.00. The highest BCUT2D eigenvalue weighted by atomic mass is 19.3. The van der Waals surface area contributed by atoms with Gasteiger partial charge in [-0.3, -0.25) is 9.69 Å². The van der Waals surface area contributed by atoms with Crippen molar-refractivity contribution < 1.29 is 18.3 Å². The lowest BCUT2D eigenvalue weighted by Crippen LogP contribution is -2.41. The fourth-order valence-electron chi connectivity index (χ4n) is 1.87. The van der Waals surface area contributed by atoms with Crippen LogP contribution in [0.4, 0.5) is 8.78 Å². The Morgan fingerprint density at radius 1 is 1.60 bits per heavy atom. The third-order valence-electron chi connectivity index (χ3n) is 2.52. The van der Waals surface area contributed by atoms with E-state index in [0.717, 1.165) is 12.8 Å². The topological polar surface area (TPSA) is 29.5 Å². The Morgan fingerprint density at radius 2 is 2.33 bits per heavy atom. The van der Waals surface area contributed by atoms with Crippen molar-refractivity contribution in [2.24, 2.45) is 5.92 Å². The zero-order chi connectivity index (χ0) is 11.3. The maximum Gasteiger partial charge on any atom is 0.310 e. The van der Waals surface area contributed by atoms with Crippen molar-refractivity contribution in [2.45, 2.75) is 26.2 Å². The van der Waals surface area contributed by atoms with Gasteiger partial charge in [0.25, 0.3) is 6.43 Å². The fourth-order valence-corrected chi connectivity index (χ4v) is 1.87. The molecule has 1 saturated heterocycles. The van der Waals surface area contributed by atoms with E-state index in [1.54, 1.807) is 11.8 Å². The maximum atomic E-state index is 12.1. The van der Waals surface area contributed by atoms with Crippen molar-refractivity contribution in [1.82, 2.24) is 4.90 Å². The van der Waals surface area contributed by atoms with Crippen LogP contribution >= 0.6 is 0 Å². The zero-order valence-electron chi connectivity index (χ0n) is 8.92. The van der Waals surface area contributed by atoms with Crippen molar-refractivity contribution in [3.63, 3.8) is 0 Å². The van der Waals surface area contributed by atoms with E-state index in [0.29, 0.717) is 19.7 Å². The van der Waals surface area contributed by atoms with Gasteiger partial charge in [0.05, 0.1) is 19.1 Å². The standard InChI is InChI=1S/C10H17F2NO2/c1-2-15-10(14)8-4-3-5-13(6-8)7-9(11)12/h8-9H,2-7H2,1H3/t8-/m1/s1. The minimum Gasteiger partial charge on any atom is -0.466 e. The average molecular weight is 221 g/mol. The first-order valence-corrected chi connectivity index (χ1v) is 5.30. The molecular weight excluding hydrogens is 204 g/mol. The summed E-state index contributed by atoms with van der Waals surface area (Å²) in [5.74, 6) is -0.478. The number of hydrogen-bond acceptors (Lipinski definition) is 3. The SMILES string of the molecule is CCOC(=O)[C@@H]1CCCN(CC(F)F)C1. The number of ether oxygens (including phenoxy) is 1. The minimum atomic E-state index is -2.33. The van der Waals surface area contributed by atoms with Crippen molar-refractivity contribution in [3.05, 3.63) is 0 Å². The van der Waals surface area contributed by atoms with Gasteiger partial charge in [-0.1, -0.05) is 0 Å². The van der Waals surface area contributed by atoms with Crippen LogP contribution in [0.15, 0.2) is 0 Å². The Morgan fingerprint density at radius 3 is 2.93 bits per heavy atom. The average Bonchev–Trinajstić information content (AvgIpc) is 2.17. The summed E-state index contributed by atoms with van der Waals surface area (Å²) in [7, 11) is 0. The van der Waals surface area contributed by atoms with Gasteiger partial charge in [0.15, 0.2) is 0 Å². The third kappa shape index (κ3) is 4.11. The lowest BCUT2D eigenvalue weighted by atomic mass is 9.98. The van der Waals surface area contributed by atoms with Crippen LogP contribution < -0.4 is 0 Å². The molecule has 0 N–H and O–H groups in total. The van der Waals surface area contributed by atoms with E-state index in [-0.39, 0.29) is 18.4 Å². The summed E-state index contributed by atoms with van der Waals surface area (Å²) in [6.07, 6.45) is -0.791. The molecule has 1 heterocycles. The van der Waals surface area contributed by atoms with Gasteiger partial charge in [-0.2, -0.15) is 0 Å². The molecule has 1 atom stereocenters. The van der Waals surface area contributed by atoms with E-state index < -0.39 is 6.43 Å². The number of rotatable bonds is 4. The number of carbonyl (C=O) groups excluding carboxylic acids is 1. The van der Waals surface area contributed by atoms with Crippen LogP contribution in [0.1, 0.15) is 19.8 Å². The molecule has 88 valence electrons. The first-order valence-electron chi connectivity index (χ1n) is 5.30. The number of carbonyl (C=O) groups is 1. The second-order valence-electron chi connectivity index (χ2n) is 3.74. The van der Waals surface area contributed by atoms with Crippen LogP contribution in [0, 0.1) is 5.92 Å².